The van der Waals surface area contributed by atoms with Crippen LogP contribution in [0.25, 0.3) is 0 Å². The summed E-state index contributed by atoms with van der Waals surface area (Å²) in [7, 11) is 0. The molecule has 0 saturated heterocycles. The highest BCUT2D eigenvalue weighted by Gasteiger charge is 2.55. The van der Waals surface area contributed by atoms with Gasteiger partial charge in [0.25, 0.3) is 0 Å². The van der Waals surface area contributed by atoms with E-state index in [9.17, 15) is 0 Å². The van der Waals surface area contributed by atoms with E-state index in [2.05, 4.69) is 55.4 Å². The lowest BCUT2D eigenvalue weighted by Crippen LogP contribution is -2.45. The molecule has 2 rings (SSSR count). The summed E-state index contributed by atoms with van der Waals surface area (Å²) in [5.74, 6) is 0. The lowest BCUT2D eigenvalue weighted by Gasteiger charge is -2.56. The van der Waals surface area contributed by atoms with Gasteiger partial charge in [-0.3, -0.25) is 0 Å². The monoisotopic (exact) mass is 234 g/mol. The van der Waals surface area contributed by atoms with Crippen LogP contribution in [-0.2, 0) is 0 Å². The fourth-order valence-corrected chi connectivity index (χ4v) is 5.24. The Bertz CT molecular complexity index is 341. The molecule has 2 aliphatic rings. The van der Waals surface area contributed by atoms with Crippen molar-refractivity contribution in [3.63, 3.8) is 0 Å². The van der Waals surface area contributed by atoms with Gasteiger partial charge < -0.3 is 0 Å². The largest absolute Gasteiger partial charge is 0.0586 e. The molecule has 0 heteroatoms. The number of allylic oxidation sites excluding steroid dienone is 2. The molecule has 0 aliphatic heterocycles. The lowest BCUT2D eigenvalue weighted by atomic mass is 9.48. The van der Waals surface area contributed by atoms with Crippen LogP contribution in [-0.4, -0.2) is 0 Å². The third-order valence-corrected chi connectivity index (χ3v) is 5.22. The first-order chi connectivity index (χ1) is 7.40. The molecular weight excluding hydrogens is 204 g/mol. The van der Waals surface area contributed by atoms with Gasteiger partial charge in [0.15, 0.2) is 0 Å². The Hall–Kier alpha value is -0.260. The molecule has 0 aromatic rings. The van der Waals surface area contributed by atoms with Gasteiger partial charge in [-0.1, -0.05) is 66.5 Å². The Morgan fingerprint density at radius 2 is 0.824 bits per heavy atom. The van der Waals surface area contributed by atoms with Crippen LogP contribution < -0.4 is 0 Å². The fourth-order valence-electron chi connectivity index (χ4n) is 5.24. The standard InChI is InChI=1S/C17H30/c1-14(2)9-10-15(3,4)12(14)13-16(5,6)11-17(13,7)8/h9-11H2,1-8H3. The van der Waals surface area contributed by atoms with Gasteiger partial charge in [0.05, 0.1) is 0 Å². The van der Waals surface area contributed by atoms with Crippen molar-refractivity contribution >= 4 is 0 Å². The van der Waals surface area contributed by atoms with E-state index in [0.29, 0.717) is 21.7 Å². The molecule has 0 N–H and O–H groups in total. The maximum Gasteiger partial charge on any atom is -0.0128 e. The summed E-state index contributed by atoms with van der Waals surface area (Å²) < 4.78 is 0. The first kappa shape index (κ1) is 13.2. The quantitative estimate of drug-likeness (QED) is 0.480. The van der Waals surface area contributed by atoms with Crippen molar-refractivity contribution in [1.29, 1.82) is 0 Å². The van der Waals surface area contributed by atoms with Crippen LogP contribution in [0.4, 0.5) is 0 Å². The van der Waals surface area contributed by atoms with Crippen LogP contribution in [0.2, 0.25) is 0 Å². The molecule has 98 valence electrons. The summed E-state index contributed by atoms with van der Waals surface area (Å²) in [5.41, 5.74) is 5.24. The molecule has 0 bridgehead atoms. The molecule has 2 fully saturated rings. The maximum absolute atomic E-state index is 2.45. The molecule has 0 unspecified atom stereocenters. The smallest absolute Gasteiger partial charge is 0.0128 e. The van der Waals surface area contributed by atoms with Gasteiger partial charge in [-0.05, 0) is 40.9 Å². The Labute approximate surface area is 108 Å². The second-order valence-electron chi connectivity index (χ2n) is 8.96. The van der Waals surface area contributed by atoms with Gasteiger partial charge in [0.1, 0.15) is 0 Å². The van der Waals surface area contributed by atoms with E-state index in [0.717, 1.165) is 0 Å². The normalized spacial score (nSPS) is 32.5. The summed E-state index contributed by atoms with van der Waals surface area (Å²) in [4.78, 5) is 0. The molecule has 0 atom stereocenters. The minimum Gasteiger partial charge on any atom is -0.0586 e. The van der Waals surface area contributed by atoms with Crippen molar-refractivity contribution in [3.05, 3.63) is 11.1 Å². The Morgan fingerprint density at radius 3 is 1.12 bits per heavy atom. The number of rotatable bonds is 0. The summed E-state index contributed by atoms with van der Waals surface area (Å²) in [5, 5.41) is 0. The van der Waals surface area contributed by atoms with E-state index in [4.69, 9.17) is 0 Å². The fraction of sp³-hybridized carbons (Fsp3) is 0.882. The van der Waals surface area contributed by atoms with Crippen molar-refractivity contribution in [2.45, 2.75) is 74.7 Å². The summed E-state index contributed by atoms with van der Waals surface area (Å²) in [6.45, 7) is 19.6. The zero-order chi connectivity index (χ0) is 13.3. The predicted molar refractivity (Wildman–Crippen MR) is 76.0 cm³/mol. The minimum absolute atomic E-state index is 0.411. The van der Waals surface area contributed by atoms with Crippen molar-refractivity contribution in [2.24, 2.45) is 21.7 Å². The third kappa shape index (κ3) is 1.79. The Morgan fingerprint density at radius 1 is 0.529 bits per heavy atom. The van der Waals surface area contributed by atoms with Gasteiger partial charge in [-0.2, -0.15) is 0 Å². The van der Waals surface area contributed by atoms with Crippen LogP contribution in [0.5, 0.6) is 0 Å². The van der Waals surface area contributed by atoms with Crippen LogP contribution in [0, 0.1) is 21.7 Å². The molecular formula is C17H30. The molecule has 17 heavy (non-hydrogen) atoms. The third-order valence-electron chi connectivity index (χ3n) is 5.22. The van der Waals surface area contributed by atoms with Crippen LogP contribution in [0.3, 0.4) is 0 Å². The van der Waals surface area contributed by atoms with E-state index in [1.165, 1.54) is 19.3 Å². The van der Waals surface area contributed by atoms with E-state index in [-0.39, 0.29) is 0 Å². The van der Waals surface area contributed by atoms with Gasteiger partial charge >= 0.3 is 0 Å². The van der Waals surface area contributed by atoms with Crippen molar-refractivity contribution in [2.75, 3.05) is 0 Å². The highest BCUT2D eigenvalue weighted by atomic mass is 14.6. The van der Waals surface area contributed by atoms with Crippen LogP contribution >= 0.6 is 0 Å². The van der Waals surface area contributed by atoms with Crippen molar-refractivity contribution in [1.82, 2.24) is 0 Å². The summed E-state index contributed by atoms with van der Waals surface area (Å²) in [6.07, 6.45) is 4.04. The molecule has 0 radical (unpaired) electrons. The SMILES string of the molecule is CC1(C)CCC(C)(C)C1=C1C(C)(C)CC1(C)C. The van der Waals surface area contributed by atoms with E-state index in [1.807, 2.05) is 0 Å². The van der Waals surface area contributed by atoms with Crippen molar-refractivity contribution in [3.8, 4) is 0 Å². The molecule has 2 saturated carbocycles. The maximum atomic E-state index is 2.45. The van der Waals surface area contributed by atoms with E-state index >= 15 is 0 Å². The topological polar surface area (TPSA) is 0 Å². The Kier molecular flexibility index (Phi) is 2.47. The lowest BCUT2D eigenvalue weighted by molar-refractivity contribution is 0.116. The number of hydrogen-bond donors (Lipinski definition) is 0. The first-order valence-electron chi connectivity index (χ1n) is 7.16. The minimum atomic E-state index is 0.411. The zero-order valence-corrected chi connectivity index (χ0v) is 13.1. The average molecular weight is 234 g/mol. The zero-order valence-electron chi connectivity index (χ0n) is 13.1. The molecule has 0 nitrogen and oxygen atoms in total. The molecule has 0 aromatic heterocycles. The molecule has 0 heterocycles. The summed E-state index contributed by atoms with van der Waals surface area (Å²) >= 11 is 0. The van der Waals surface area contributed by atoms with Gasteiger partial charge in [0.2, 0.25) is 0 Å². The molecule has 0 aromatic carbocycles. The van der Waals surface area contributed by atoms with Gasteiger partial charge in [-0.15, -0.1) is 0 Å². The van der Waals surface area contributed by atoms with Crippen LogP contribution in [0.1, 0.15) is 74.7 Å². The second-order valence-corrected chi connectivity index (χ2v) is 8.96. The molecule has 0 amide bonds. The number of hydrogen-bond acceptors (Lipinski definition) is 0. The van der Waals surface area contributed by atoms with Crippen LogP contribution in [0.15, 0.2) is 11.1 Å². The highest BCUT2D eigenvalue weighted by Crippen LogP contribution is 2.66. The first-order valence-corrected chi connectivity index (χ1v) is 7.16. The van der Waals surface area contributed by atoms with E-state index < -0.39 is 0 Å². The molecule has 2 aliphatic carbocycles. The Balaban J connectivity index is 2.63. The van der Waals surface area contributed by atoms with Crippen molar-refractivity contribution < 1.29 is 0 Å². The average Bonchev–Trinajstić information content (AvgIpc) is 2.26. The highest BCUT2D eigenvalue weighted by molar-refractivity contribution is 5.42. The van der Waals surface area contributed by atoms with E-state index in [1.54, 1.807) is 11.1 Å². The predicted octanol–water partition coefficient (Wildman–Crippen LogP) is 5.59. The van der Waals surface area contributed by atoms with Gasteiger partial charge in [-0.25, -0.2) is 0 Å². The molecule has 0 spiro atoms. The summed E-state index contributed by atoms with van der Waals surface area (Å²) in [6, 6.07) is 0. The van der Waals surface area contributed by atoms with Gasteiger partial charge in [0, 0.05) is 0 Å². The second kappa shape index (κ2) is 3.19.